The molecule has 0 spiro atoms. The number of hydrogen-bond acceptors (Lipinski definition) is 5. The molecule has 8 heteroatoms. The summed E-state index contributed by atoms with van der Waals surface area (Å²) in [6.45, 7) is 1.35. The smallest absolute Gasteiger partial charge is 0.396 e. The van der Waals surface area contributed by atoms with E-state index in [1.54, 1.807) is 0 Å². The van der Waals surface area contributed by atoms with Crippen LogP contribution in [0.5, 0.6) is 0 Å². The molecule has 0 aliphatic heterocycles. The Morgan fingerprint density at radius 3 is 1.40 bits per heavy atom. The number of aliphatic hydroxyl groups is 3. The highest BCUT2D eigenvalue weighted by Crippen LogP contribution is 2.33. The highest BCUT2D eigenvalue weighted by atomic mass is 31.2. The Morgan fingerprint density at radius 1 is 1.13 bits per heavy atom. The van der Waals surface area contributed by atoms with E-state index >= 15 is 0 Å². The van der Waals surface area contributed by atoms with Crippen molar-refractivity contribution in [2.24, 2.45) is 5.41 Å². The van der Waals surface area contributed by atoms with Gasteiger partial charge >= 0.3 is 7.82 Å². The van der Waals surface area contributed by atoms with E-state index in [9.17, 15) is 4.57 Å². The zero-order valence-electron chi connectivity index (χ0n) is 8.83. The van der Waals surface area contributed by atoms with Crippen LogP contribution in [0.15, 0.2) is 0 Å². The number of phosphoric acid groups is 1. The SMILES string of the molecule is CCC(CO)(CO)CO.COP(=O)(O)O. The van der Waals surface area contributed by atoms with Crippen molar-refractivity contribution in [3.8, 4) is 0 Å². The van der Waals surface area contributed by atoms with E-state index < -0.39 is 13.2 Å². The highest BCUT2D eigenvalue weighted by molar-refractivity contribution is 7.46. The molecule has 0 rings (SSSR count). The maximum absolute atomic E-state index is 9.47. The highest BCUT2D eigenvalue weighted by Gasteiger charge is 2.24. The molecule has 0 fully saturated rings. The van der Waals surface area contributed by atoms with Gasteiger partial charge in [-0.05, 0) is 6.42 Å². The van der Waals surface area contributed by atoms with Crippen LogP contribution in [0.25, 0.3) is 0 Å². The number of phosphoric ester groups is 1. The second kappa shape index (κ2) is 8.18. The maximum atomic E-state index is 9.47. The molecule has 0 aliphatic carbocycles. The molecule has 0 heterocycles. The summed E-state index contributed by atoms with van der Waals surface area (Å²) in [7, 11) is -3.20. The normalized spacial score (nSPS) is 11.9. The Kier molecular flexibility index (Phi) is 9.48. The first-order chi connectivity index (χ1) is 6.80. The molecule has 15 heavy (non-hydrogen) atoms. The van der Waals surface area contributed by atoms with Crippen LogP contribution in [0.3, 0.4) is 0 Å². The molecule has 5 N–H and O–H groups in total. The lowest BCUT2D eigenvalue weighted by Crippen LogP contribution is -2.32. The van der Waals surface area contributed by atoms with Gasteiger partial charge in [-0.25, -0.2) is 4.57 Å². The minimum atomic E-state index is -4.15. The molecule has 0 radical (unpaired) electrons. The lowest BCUT2D eigenvalue weighted by atomic mass is 9.88. The molecule has 0 aromatic heterocycles. The minimum Gasteiger partial charge on any atom is -0.396 e. The fourth-order valence-corrected chi connectivity index (χ4v) is 0.485. The molecule has 0 aliphatic rings. The van der Waals surface area contributed by atoms with Gasteiger partial charge in [0.05, 0.1) is 19.8 Å². The predicted octanol–water partition coefficient (Wildman–Crippen LogP) is -0.915. The van der Waals surface area contributed by atoms with Gasteiger partial charge in [-0.2, -0.15) is 0 Å². The fourth-order valence-electron chi connectivity index (χ4n) is 0.485. The molecule has 0 aromatic carbocycles. The molecule has 0 bridgehead atoms. The van der Waals surface area contributed by atoms with Crippen molar-refractivity contribution in [2.45, 2.75) is 13.3 Å². The van der Waals surface area contributed by atoms with Crippen molar-refractivity contribution in [2.75, 3.05) is 26.9 Å². The molecule has 0 amide bonds. The fraction of sp³-hybridized carbons (Fsp3) is 1.00. The van der Waals surface area contributed by atoms with E-state index in [2.05, 4.69) is 4.52 Å². The summed E-state index contributed by atoms with van der Waals surface area (Å²) in [5.74, 6) is 0. The first kappa shape index (κ1) is 17.4. The van der Waals surface area contributed by atoms with Crippen LogP contribution < -0.4 is 0 Å². The largest absolute Gasteiger partial charge is 0.469 e. The number of hydrogen-bond donors (Lipinski definition) is 5. The van der Waals surface area contributed by atoms with Crippen molar-refractivity contribution >= 4 is 7.82 Å². The van der Waals surface area contributed by atoms with Crippen LogP contribution in [-0.4, -0.2) is 52.0 Å². The predicted molar refractivity (Wildman–Crippen MR) is 53.0 cm³/mol. The van der Waals surface area contributed by atoms with E-state index in [0.29, 0.717) is 6.42 Å². The average Bonchev–Trinajstić information content (AvgIpc) is 2.22. The Labute approximate surface area is 88.6 Å². The molecule has 0 saturated carbocycles. The van der Waals surface area contributed by atoms with E-state index in [1.165, 1.54) is 0 Å². The minimum absolute atomic E-state index is 0.156. The maximum Gasteiger partial charge on any atom is 0.469 e. The van der Waals surface area contributed by atoms with Crippen LogP contribution in [0.4, 0.5) is 0 Å². The van der Waals surface area contributed by atoms with Crippen molar-refractivity contribution in [1.82, 2.24) is 0 Å². The first-order valence-electron chi connectivity index (χ1n) is 4.24. The van der Waals surface area contributed by atoms with Gasteiger partial charge in [-0.15, -0.1) is 0 Å². The van der Waals surface area contributed by atoms with Crippen LogP contribution in [-0.2, 0) is 9.09 Å². The third kappa shape index (κ3) is 8.95. The van der Waals surface area contributed by atoms with Crippen molar-refractivity contribution < 1.29 is 34.2 Å². The van der Waals surface area contributed by atoms with Crippen LogP contribution >= 0.6 is 7.82 Å². The summed E-state index contributed by atoms with van der Waals surface area (Å²) in [4.78, 5) is 15.4. The lowest BCUT2D eigenvalue weighted by Gasteiger charge is -2.24. The molecule has 7 nitrogen and oxygen atoms in total. The summed E-state index contributed by atoms with van der Waals surface area (Å²) in [6.07, 6.45) is 0.594. The summed E-state index contributed by atoms with van der Waals surface area (Å²) < 4.78 is 13.1. The third-order valence-electron chi connectivity index (χ3n) is 1.99. The van der Waals surface area contributed by atoms with Gasteiger partial charge < -0.3 is 25.1 Å². The van der Waals surface area contributed by atoms with Gasteiger partial charge in [0.25, 0.3) is 0 Å². The second-order valence-electron chi connectivity index (χ2n) is 3.00. The Hall–Kier alpha value is -0.0100. The zero-order valence-corrected chi connectivity index (χ0v) is 9.72. The summed E-state index contributed by atoms with van der Waals surface area (Å²) >= 11 is 0. The van der Waals surface area contributed by atoms with Crippen LogP contribution in [0, 0.1) is 5.41 Å². The summed E-state index contributed by atoms with van der Waals surface area (Å²) in [6, 6.07) is 0. The van der Waals surface area contributed by atoms with Crippen LogP contribution in [0.2, 0.25) is 0 Å². The van der Waals surface area contributed by atoms with E-state index in [4.69, 9.17) is 25.1 Å². The topological polar surface area (TPSA) is 127 Å². The van der Waals surface area contributed by atoms with E-state index in [1.807, 2.05) is 6.92 Å². The van der Waals surface area contributed by atoms with Gasteiger partial charge in [-0.1, -0.05) is 6.92 Å². The van der Waals surface area contributed by atoms with Crippen molar-refractivity contribution in [3.05, 3.63) is 0 Å². The quantitative estimate of drug-likeness (QED) is 0.397. The van der Waals surface area contributed by atoms with E-state index in [0.717, 1.165) is 7.11 Å². The molecule has 0 unspecified atom stereocenters. The van der Waals surface area contributed by atoms with E-state index in [-0.39, 0.29) is 19.8 Å². The molecular formula is C7H19O7P. The van der Waals surface area contributed by atoms with Crippen molar-refractivity contribution in [3.63, 3.8) is 0 Å². The number of aliphatic hydroxyl groups excluding tert-OH is 3. The average molecular weight is 246 g/mol. The number of rotatable bonds is 5. The van der Waals surface area contributed by atoms with Crippen LogP contribution in [0.1, 0.15) is 13.3 Å². The van der Waals surface area contributed by atoms with Gasteiger partial charge in [0.2, 0.25) is 0 Å². The van der Waals surface area contributed by atoms with Gasteiger partial charge in [-0.3, -0.25) is 4.52 Å². The molecule has 0 saturated heterocycles. The molecule has 94 valence electrons. The third-order valence-corrected chi connectivity index (χ3v) is 2.47. The standard InChI is InChI=1S/C6H14O3.CH5O4P/c1-2-6(3-7,4-8)5-9;1-5-6(2,3)4/h7-9H,2-5H2,1H3;1H3,(H2,2,3,4). The summed E-state index contributed by atoms with van der Waals surface area (Å²) in [5.41, 5.74) is -0.667. The van der Waals surface area contributed by atoms with Gasteiger partial charge in [0.1, 0.15) is 0 Å². The Bertz CT molecular complexity index is 168. The summed E-state index contributed by atoms with van der Waals surface area (Å²) in [5, 5.41) is 26.0. The first-order valence-corrected chi connectivity index (χ1v) is 5.77. The van der Waals surface area contributed by atoms with Crippen molar-refractivity contribution in [1.29, 1.82) is 0 Å². The Morgan fingerprint density at radius 2 is 1.40 bits per heavy atom. The second-order valence-corrected chi connectivity index (χ2v) is 4.35. The zero-order chi connectivity index (χ0) is 12.5. The molecule has 0 atom stereocenters. The molecule has 0 aromatic rings. The lowest BCUT2D eigenvalue weighted by molar-refractivity contribution is 0.00304. The van der Waals surface area contributed by atoms with Gasteiger partial charge in [0.15, 0.2) is 0 Å². The molecular weight excluding hydrogens is 227 g/mol. The van der Waals surface area contributed by atoms with Gasteiger partial charge in [0, 0.05) is 12.5 Å². The Balaban J connectivity index is 0. The monoisotopic (exact) mass is 246 g/mol.